The minimum Gasteiger partial charge on any atom is -0.497 e. The molecular weight excluding hydrogens is 236 g/mol. The third kappa shape index (κ3) is 2.82. The smallest absolute Gasteiger partial charge is 0.118 e. The molecule has 2 aromatic carbocycles. The predicted octanol–water partition coefficient (Wildman–Crippen LogP) is 3.91. The minimum atomic E-state index is -1.24. The molecule has 0 aliphatic rings. The van der Waals surface area contributed by atoms with E-state index < -0.39 is 8.07 Å². The summed E-state index contributed by atoms with van der Waals surface area (Å²) >= 11 is 0. The van der Waals surface area contributed by atoms with E-state index in [1.165, 1.54) is 16.3 Å². The molecule has 0 heterocycles. The predicted molar refractivity (Wildman–Crippen MR) is 81.4 cm³/mol. The number of rotatable bonds is 3. The van der Waals surface area contributed by atoms with E-state index in [4.69, 9.17) is 4.74 Å². The van der Waals surface area contributed by atoms with Gasteiger partial charge in [-0.25, -0.2) is 0 Å². The van der Waals surface area contributed by atoms with Crippen molar-refractivity contribution in [3.8, 4) is 16.9 Å². The Bertz CT molecular complexity index is 524. The van der Waals surface area contributed by atoms with Gasteiger partial charge in [0.2, 0.25) is 0 Å². The molecule has 94 valence electrons. The molecule has 0 unspecified atom stereocenters. The molecular formula is C16H20OSi. The van der Waals surface area contributed by atoms with Gasteiger partial charge in [-0.1, -0.05) is 61.2 Å². The number of hydrogen-bond donors (Lipinski definition) is 0. The van der Waals surface area contributed by atoms with Gasteiger partial charge in [0.1, 0.15) is 5.75 Å². The van der Waals surface area contributed by atoms with E-state index in [0.717, 1.165) is 5.75 Å². The first kappa shape index (κ1) is 12.9. The average Bonchev–Trinajstić information content (AvgIpc) is 2.38. The number of hydrogen-bond acceptors (Lipinski definition) is 1. The van der Waals surface area contributed by atoms with Crippen LogP contribution in [-0.4, -0.2) is 15.2 Å². The van der Waals surface area contributed by atoms with E-state index in [9.17, 15) is 0 Å². The Labute approximate surface area is 110 Å². The van der Waals surface area contributed by atoms with Gasteiger partial charge in [0, 0.05) is 0 Å². The summed E-state index contributed by atoms with van der Waals surface area (Å²) in [6.45, 7) is 7.13. The summed E-state index contributed by atoms with van der Waals surface area (Å²) in [6.07, 6.45) is 0. The highest BCUT2D eigenvalue weighted by Gasteiger charge is 2.16. The van der Waals surface area contributed by atoms with Crippen LogP contribution in [0.2, 0.25) is 19.6 Å². The molecule has 18 heavy (non-hydrogen) atoms. The lowest BCUT2D eigenvalue weighted by Gasteiger charge is -2.17. The summed E-state index contributed by atoms with van der Waals surface area (Å²) in [4.78, 5) is 0. The first-order chi connectivity index (χ1) is 8.50. The number of benzene rings is 2. The van der Waals surface area contributed by atoms with Crippen LogP contribution in [0.4, 0.5) is 0 Å². The van der Waals surface area contributed by atoms with Gasteiger partial charge < -0.3 is 4.74 Å². The second kappa shape index (κ2) is 4.98. The van der Waals surface area contributed by atoms with Crippen molar-refractivity contribution in [1.82, 2.24) is 0 Å². The zero-order valence-corrected chi connectivity index (χ0v) is 12.5. The standard InChI is InChI=1S/C16H20OSi/c1-17-15-10-8-13(9-11-15)14-6-5-7-16(12-14)18(2,3)4/h5-12H,1-4H3. The van der Waals surface area contributed by atoms with Crippen molar-refractivity contribution in [2.45, 2.75) is 19.6 Å². The molecule has 0 atom stereocenters. The Morgan fingerprint density at radius 1 is 0.833 bits per heavy atom. The van der Waals surface area contributed by atoms with Gasteiger partial charge in [-0.05, 0) is 23.3 Å². The molecule has 0 aliphatic heterocycles. The van der Waals surface area contributed by atoms with E-state index in [-0.39, 0.29) is 0 Å². The van der Waals surface area contributed by atoms with Crippen LogP contribution in [0, 0.1) is 0 Å². The Morgan fingerprint density at radius 2 is 1.50 bits per heavy atom. The second-order valence-electron chi connectivity index (χ2n) is 5.56. The van der Waals surface area contributed by atoms with E-state index in [0.29, 0.717) is 0 Å². The van der Waals surface area contributed by atoms with Crippen molar-refractivity contribution in [2.75, 3.05) is 7.11 Å². The maximum atomic E-state index is 5.19. The highest BCUT2D eigenvalue weighted by Crippen LogP contribution is 2.22. The summed E-state index contributed by atoms with van der Waals surface area (Å²) in [5, 5.41) is 1.50. The van der Waals surface area contributed by atoms with Crippen molar-refractivity contribution in [2.24, 2.45) is 0 Å². The van der Waals surface area contributed by atoms with Crippen molar-refractivity contribution < 1.29 is 4.74 Å². The number of ether oxygens (including phenoxy) is 1. The molecule has 0 fully saturated rings. The molecule has 0 saturated carbocycles. The van der Waals surface area contributed by atoms with Crippen LogP contribution in [0.5, 0.6) is 5.75 Å². The summed E-state index contributed by atoms with van der Waals surface area (Å²) in [5.41, 5.74) is 2.54. The van der Waals surface area contributed by atoms with Crippen molar-refractivity contribution in [1.29, 1.82) is 0 Å². The van der Waals surface area contributed by atoms with Crippen LogP contribution in [0.15, 0.2) is 48.5 Å². The monoisotopic (exact) mass is 256 g/mol. The molecule has 0 bridgehead atoms. The highest BCUT2D eigenvalue weighted by molar-refractivity contribution is 6.88. The highest BCUT2D eigenvalue weighted by atomic mass is 28.3. The Kier molecular flexibility index (Phi) is 3.57. The first-order valence-corrected chi connectivity index (χ1v) is 9.76. The topological polar surface area (TPSA) is 9.23 Å². The molecule has 0 aliphatic carbocycles. The molecule has 1 nitrogen and oxygen atoms in total. The third-order valence-electron chi connectivity index (χ3n) is 3.15. The van der Waals surface area contributed by atoms with E-state index >= 15 is 0 Å². The minimum absolute atomic E-state index is 0.903. The van der Waals surface area contributed by atoms with Gasteiger partial charge in [0.15, 0.2) is 0 Å². The van der Waals surface area contributed by atoms with E-state index in [2.05, 4.69) is 56.0 Å². The van der Waals surface area contributed by atoms with Gasteiger partial charge in [-0.3, -0.25) is 0 Å². The van der Waals surface area contributed by atoms with Gasteiger partial charge >= 0.3 is 0 Å². The lowest BCUT2D eigenvalue weighted by atomic mass is 10.1. The Hall–Kier alpha value is -1.54. The molecule has 2 rings (SSSR count). The van der Waals surface area contributed by atoms with E-state index in [1.807, 2.05) is 12.1 Å². The fourth-order valence-corrected chi connectivity index (χ4v) is 3.13. The van der Waals surface area contributed by atoms with Gasteiger partial charge in [-0.2, -0.15) is 0 Å². The van der Waals surface area contributed by atoms with Crippen molar-refractivity contribution in [3.63, 3.8) is 0 Å². The number of methoxy groups -OCH3 is 1. The quantitative estimate of drug-likeness (QED) is 0.757. The lowest BCUT2D eigenvalue weighted by molar-refractivity contribution is 0.415. The molecule has 2 aromatic rings. The van der Waals surface area contributed by atoms with Gasteiger partial charge in [0.05, 0.1) is 15.2 Å². The van der Waals surface area contributed by atoms with Gasteiger partial charge in [-0.15, -0.1) is 0 Å². The summed E-state index contributed by atoms with van der Waals surface area (Å²) in [6, 6.07) is 17.2. The molecule has 0 saturated heterocycles. The fraction of sp³-hybridized carbons (Fsp3) is 0.250. The molecule has 2 heteroatoms. The van der Waals surface area contributed by atoms with Crippen LogP contribution in [-0.2, 0) is 0 Å². The van der Waals surface area contributed by atoms with Gasteiger partial charge in [0.25, 0.3) is 0 Å². The molecule has 0 radical (unpaired) electrons. The van der Waals surface area contributed by atoms with Crippen molar-refractivity contribution in [3.05, 3.63) is 48.5 Å². The molecule has 0 spiro atoms. The average molecular weight is 256 g/mol. The van der Waals surface area contributed by atoms with Crippen molar-refractivity contribution >= 4 is 13.3 Å². The van der Waals surface area contributed by atoms with Crippen LogP contribution >= 0.6 is 0 Å². The normalized spacial score (nSPS) is 11.3. The van der Waals surface area contributed by atoms with Crippen LogP contribution in [0.25, 0.3) is 11.1 Å². The Balaban J connectivity index is 2.38. The summed E-state index contributed by atoms with van der Waals surface area (Å²) in [5.74, 6) is 0.903. The zero-order valence-electron chi connectivity index (χ0n) is 11.5. The van der Waals surface area contributed by atoms with Crippen LogP contribution in [0.3, 0.4) is 0 Å². The summed E-state index contributed by atoms with van der Waals surface area (Å²) in [7, 11) is 0.455. The lowest BCUT2D eigenvalue weighted by Crippen LogP contribution is -2.37. The third-order valence-corrected chi connectivity index (χ3v) is 5.20. The summed E-state index contributed by atoms with van der Waals surface area (Å²) < 4.78 is 5.19. The zero-order chi connectivity index (χ0) is 13.2. The maximum absolute atomic E-state index is 5.19. The van der Waals surface area contributed by atoms with Crippen LogP contribution < -0.4 is 9.92 Å². The first-order valence-electron chi connectivity index (χ1n) is 6.26. The molecule has 0 N–H and O–H groups in total. The maximum Gasteiger partial charge on any atom is 0.118 e. The molecule has 0 aromatic heterocycles. The second-order valence-corrected chi connectivity index (χ2v) is 10.6. The van der Waals surface area contributed by atoms with Crippen LogP contribution in [0.1, 0.15) is 0 Å². The largest absolute Gasteiger partial charge is 0.497 e. The molecule has 0 amide bonds. The fourth-order valence-electron chi connectivity index (χ4n) is 1.95. The Morgan fingerprint density at radius 3 is 2.06 bits per heavy atom. The SMILES string of the molecule is COc1ccc(-c2cccc([Si](C)(C)C)c2)cc1. The van der Waals surface area contributed by atoms with E-state index in [1.54, 1.807) is 7.11 Å².